The maximum absolute atomic E-state index is 12.4. The number of hydrogen-bond donors (Lipinski definition) is 1. The van der Waals surface area contributed by atoms with E-state index in [0.717, 1.165) is 31.2 Å². The minimum atomic E-state index is -0.293. The zero-order valence-corrected chi connectivity index (χ0v) is 15.2. The molecule has 0 unspecified atom stereocenters. The van der Waals surface area contributed by atoms with Crippen LogP contribution < -0.4 is 0 Å². The number of carbonyl (C=O) groups excluding carboxylic acids is 2. The summed E-state index contributed by atoms with van der Waals surface area (Å²) in [6.07, 6.45) is 4.44. The predicted molar refractivity (Wildman–Crippen MR) is 99.8 cm³/mol. The van der Waals surface area contributed by atoms with Crippen molar-refractivity contribution < 1.29 is 14.3 Å². The van der Waals surface area contributed by atoms with Gasteiger partial charge in [-0.3, -0.25) is 14.5 Å². The van der Waals surface area contributed by atoms with E-state index in [1.54, 1.807) is 0 Å². The van der Waals surface area contributed by atoms with Crippen LogP contribution in [-0.2, 0) is 20.7 Å². The number of methoxy groups -OCH3 is 1. The van der Waals surface area contributed by atoms with E-state index in [0.29, 0.717) is 12.1 Å². The van der Waals surface area contributed by atoms with E-state index in [9.17, 15) is 9.59 Å². The van der Waals surface area contributed by atoms with E-state index in [2.05, 4.69) is 28.1 Å². The molecule has 2 aliphatic heterocycles. The van der Waals surface area contributed by atoms with Gasteiger partial charge in [0.15, 0.2) is 0 Å². The number of benzene rings is 1. The summed E-state index contributed by atoms with van der Waals surface area (Å²) in [6.45, 7) is 3.41. The van der Waals surface area contributed by atoms with Gasteiger partial charge in [0.05, 0.1) is 19.1 Å². The van der Waals surface area contributed by atoms with E-state index >= 15 is 0 Å². The minimum Gasteiger partial charge on any atom is -0.469 e. The van der Waals surface area contributed by atoms with Crippen LogP contribution in [-0.4, -0.2) is 42.3 Å². The van der Waals surface area contributed by atoms with Gasteiger partial charge in [0.25, 0.3) is 0 Å². The molecule has 1 fully saturated rings. The minimum absolute atomic E-state index is 0.108. The standard InChI is InChI=1S/C21H24N2O3/c1-3-13(12-24)16-10-19-20-15(14-6-4-5-7-18(14)22-20)8-9-23(19)11-17(16)21(25)26-2/h3-7,12,16-17,19,22H,8-11H2,1-2H3/b13-3+/t16-,17+,19-/m0/s1. The van der Waals surface area contributed by atoms with Gasteiger partial charge in [-0.15, -0.1) is 0 Å². The number of aromatic nitrogens is 1. The zero-order valence-electron chi connectivity index (χ0n) is 15.2. The largest absolute Gasteiger partial charge is 0.469 e. The fraction of sp³-hybridized carbons (Fsp3) is 0.429. The number of hydrogen-bond acceptors (Lipinski definition) is 4. The number of carbonyl (C=O) groups is 2. The summed E-state index contributed by atoms with van der Waals surface area (Å²) in [5.41, 5.74) is 4.48. The van der Waals surface area contributed by atoms with E-state index < -0.39 is 0 Å². The number of piperidine rings is 1. The smallest absolute Gasteiger partial charge is 0.310 e. The Morgan fingerprint density at radius 2 is 2.12 bits per heavy atom. The highest BCUT2D eigenvalue weighted by Crippen LogP contribution is 2.44. The summed E-state index contributed by atoms with van der Waals surface area (Å²) < 4.78 is 5.04. The molecule has 0 saturated carbocycles. The third-order valence-electron chi connectivity index (χ3n) is 6.07. The molecule has 1 aromatic heterocycles. The molecule has 4 rings (SSSR count). The second kappa shape index (κ2) is 6.72. The highest BCUT2D eigenvalue weighted by Gasteiger charge is 2.44. The molecule has 2 aromatic rings. The number of nitrogens with zero attached hydrogens (tertiary/aromatic N) is 1. The summed E-state index contributed by atoms with van der Waals surface area (Å²) in [6, 6.07) is 8.60. The van der Waals surface area contributed by atoms with Crippen molar-refractivity contribution in [1.29, 1.82) is 0 Å². The molecule has 0 radical (unpaired) electrons. The van der Waals surface area contributed by atoms with Gasteiger partial charge in [-0.05, 0) is 37.0 Å². The second-order valence-corrected chi connectivity index (χ2v) is 7.20. The van der Waals surface area contributed by atoms with Gasteiger partial charge >= 0.3 is 5.97 Å². The fourth-order valence-corrected chi connectivity index (χ4v) is 4.77. The number of H-pyrrole nitrogens is 1. The SMILES string of the molecule is C/C=C(\C=O)[C@@H]1C[C@H]2c3[nH]c4ccccc4c3CCN2C[C@H]1C(=O)OC. The van der Waals surface area contributed by atoms with Crippen LogP contribution in [0.2, 0.25) is 0 Å². The number of nitrogens with one attached hydrogen (secondary N) is 1. The van der Waals surface area contributed by atoms with Gasteiger partial charge in [0.2, 0.25) is 0 Å². The van der Waals surface area contributed by atoms with Crippen LogP contribution in [0.15, 0.2) is 35.9 Å². The van der Waals surface area contributed by atoms with Gasteiger partial charge in [0, 0.05) is 35.6 Å². The monoisotopic (exact) mass is 352 g/mol. The van der Waals surface area contributed by atoms with Crippen LogP contribution in [0.5, 0.6) is 0 Å². The van der Waals surface area contributed by atoms with Gasteiger partial charge in [0.1, 0.15) is 6.29 Å². The first kappa shape index (κ1) is 17.0. The maximum atomic E-state index is 12.4. The molecule has 0 spiro atoms. The highest BCUT2D eigenvalue weighted by molar-refractivity contribution is 5.85. The molecule has 3 atom stereocenters. The van der Waals surface area contributed by atoms with Crippen LogP contribution in [0, 0.1) is 11.8 Å². The molecule has 136 valence electrons. The summed E-state index contributed by atoms with van der Waals surface area (Å²) in [5.74, 6) is -0.626. The first-order chi connectivity index (χ1) is 12.7. The Balaban J connectivity index is 1.75. The topological polar surface area (TPSA) is 62.4 Å². The lowest BCUT2D eigenvalue weighted by Crippen LogP contribution is -2.49. The fourth-order valence-electron chi connectivity index (χ4n) is 4.77. The molecule has 3 heterocycles. The average Bonchev–Trinajstić information content (AvgIpc) is 3.07. The Kier molecular flexibility index (Phi) is 4.41. The lowest BCUT2D eigenvalue weighted by Gasteiger charge is -2.45. The van der Waals surface area contributed by atoms with Crippen molar-refractivity contribution in [2.75, 3.05) is 20.2 Å². The predicted octanol–water partition coefficient (Wildman–Crippen LogP) is 3.02. The lowest BCUT2D eigenvalue weighted by atomic mass is 9.75. The van der Waals surface area contributed by atoms with Gasteiger partial charge in [-0.1, -0.05) is 24.3 Å². The number of aromatic amines is 1. The van der Waals surface area contributed by atoms with Crippen LogP contribution in [0.4, 0.5) is 0 Å². The van der Waals surface area contributed by atoms with Crippen LogP contribution in [0.3, 0.4) is 0 Å². The number of fused-ring (bicyclic) bond motifs is 5. The summed E-state index contributed by atoms with van der Waals surface area (Å²) in [7, 11) is 1.42. The molecule has 1 saturated heterocycles. The number of allylic oxidation sites excluding steroid dienone is 2. The number of aldehydes is 1. The Bertz CT molecular complexity index is 883. The number of para-hydroxylation sites is 1. The first-order valence-corrected chi connectivity index (χ1v) is 9.20. The molecule has 0 bridgehead atoms. The highest BCUT2D eigenvalue weighted by atomic mass is 16.5. The number of rotatable bonds is 3. The van der Waals surface area contributed by atoms with Crippen LogP contribution >= 0.6 is 0 Å². The van der Waals surface area contributed by atoms with Crippen molar-refractivity contribution >= 4 is 23.2 Å². The van der Waals surface area contributed by atoms with E-state index in [1.807, 2.05) is 19.1 Å². The number of ether oxygens (including phenoxy) is 1. The number of esters is 1. The molecular formula is C21H24N2O3. The van der Waals surface area contributed by atoms with E-state index in [4.69, 9.17) is 4.74 Å². The van der Waals surface area contributed by atoms with Gasteiger partial charge in [-0.25, -0.2) is 0 Å². The first-order valence-electron chi connectivity index (χ1n) is 9.20. The van der Waals surface area contributed by atoms with E-state index in [-0.39, 0.29) is 23.8 Å². The third-order valence-corrected chi connectivity index (χ3v) is 6.07. The molecular weight excluding hydrogens is 328 g/mol. The van der Waals surface area contributed by atoms with Crippen LogP contribution in [0.1, 0.15) is 30.6 Å². The summed E-state index contributed by atoms with van der Waals surface area (Å²) in [5, 5.41) is 1.29. The molecule has 5 heteroatoms. The maximum Gasteiger partial charge on any atom is 0.310 e. The average molecular weight is 352 g/mol. The zero-order chi connectivity index (χ0) is 18.3. The quantitative estimate of drug-likeness (QED) is 0.524. The lowest BCUT2D eigenvalue weighted by molar-refractivity contribution is -0.150. The molecule has 1 N–H and O–H groups in total. The molecule has 0 aliphatic carbocycles. The van der Waals surface area contributed by atoms with Crippen molar-refractivity contribution in [2.45, 2.75) is 25.8 Å². The second-order valence-electron chi connectivity index (χ2n) is 7.20. The molecule has 1 aromatic carbocycles. The van der Waals surface area contributed by atoms with Gasteiger partial charge < -0.3 is 9.72 Å². The van der Waals surface area contributed by atoms with Crippen molar-refractivity contribution in [2.24, 2.45) is 11.8 Å². The van der Waals surface area contributed by atoms with Gasteiger partial charge in [-0.2, -0.15) is 0 Å². The van der Waals surface area contributed by atoms with Crippen molar-refractivity contribution in [1.82, 2.24) is 9.88 Å². The van der Waals surface area contributed by atoms with Crippen molar-refractivity contribution in [3.63, 3.8) is 0 Å². The molecule has 26 heavy (non-hydrogen) atoms. The summed E-state index contributed by atoms with van der Waals surface area (Å²) in [4.78, 5) is 29.9. The third kappa shape index (κ3) is 2.58. The Hall–Kier alpha value is -2.40. The van der Waals surface area contributed by atoms with Crippen molar-refractivity contribution in [3.05, 3.63) is 47.2 Å². The normalized spacial score (nSPS) is 26.2. The van der Waals surface area contributed by atoms with Crippen LogP contribution in [0.25, 0.3) is 10.9 Å². The molecule has 5 nitrogen and oxygen atoms in total. The molecule has 0 amide bonds. The summed E-state index contributed by atoms with van der Waals surface area (Å²) >= 11 is 0. The van der Waals surface area contributed by atoms with E-state index in [1.165, 1.54) is 23.8 Å². The Morgan fingerprint density at radius 3 is 2.85 bits per heavy atom. The molecule has 2 aliphatic rings. The van der Waals surface area contributed by atoms with Crippen molar-refractivity contribution in [3.8, 4) is 0 Å². The Morgan fingerprint density at radius 1 is 1.31 bits per heavy atom. The Labute approximate surface area is 153 Å².